The van der Waals surface area contributed by atoms with Gasteiger partial charge in [-0.05, 0) is 61.2 Å². The van der Waals surface area contributed by atoms with E-state index in [-0.39, 0.29) is 5.97 Å². The van der Waals surface area contributed by atoms with Gasteiger partial charge in [0.05, 0.1) is 26.9 Å². The summed E-state index contributed by atoms with van der Waals surface area (Å²) >= 11 is 7.04. The lowest BCUT2D eigenvalue weighted by molar-refractivity contribution is 0.0601. The van der Waals surface area contributed by atoms with Crippen LogP contribution in [0, 0.1) is 0 Å². The van der Waals surface area contributed by atoms with E-state index in [9.17, 15) is 4.79 Å². The summed E-state index contributed by atoms with van der Waals surface area (Å²) in [6, 6.07) is 5.70. The predicted molar refractivity (Wildman–Crippen MR) is 115 cm³/mol. The van der Waals surface area contributed by atoms with E-state index in [1.807, 2.05) is 18.2 Å². The number of thiophene rings is 1. The van der Waals surface area contributed by atoms with Crippen LogP contribution in [0.15, 0.2) is 18.2 Å². The normalized spacial score (nSPS) is 12.7. The fraction of sp³-hybridized carbons (Fsp3) is 0.400. The molecule has 1 aliphatic carbocycles. The molecule has 3 rings (SSSR count). The molecule has 1 aliphatic rings. The van der Waals surface area contributed by atoms with E-state index >= 15 is 0 Å². The van der Waals surface area contributed by atoms with Crippen LogP contribution in [0.2, 0.25) is 0 Å². The third-order valence-corrected chi connectivity index (χ3v) is 6.14. The van der Waals surface area contributed by atoms with Crippen molar-refractivity contribution in [3.63, 3.8) is 0 Å². The summed E-state index contributed by atoms with van der Waals surface area (Å²) in [5.41, 5.74) is 2.73. The van der Waals surface area contributed by atoms with E-state index in [1.165, 1.54) is 12.0 Å². The second kappa shape index (κ2) is 9.25. The van der Waals surface area contributed by atoms with Crippen LogP contribution < -0.4 is 20.1 Å². The number of hydrogen-bond donors (Lipinski definition) is 2. The van der Waals surface area contributed by atoms with Gasteiger partial charge < -0.3 is 24.8 Å². The fourth-order valence-corrected chi connectivity index (χ4v) is 4.81. The van der Waals surface area contributed by atoms with Gasteiger partial charge in [-0.1, -0.05) is 6.07 Å². The minimum Gasteiger partial charge on any atom is -0.493 e. The maximum atomic E-state index is 12.3. The summed E-state index contributed by atoms with van der Waals surface area (Å²) in [5.74, 6) is 1.03. The standard InChI is InChI=1S/C20H24N2O4S2/c1-24-14-9-8-12(10-15(14)25-2)11-21-20(27)22-18-17(19(23)26-3)13-6-4-5-7-16(13)28-18/h8-10H,4-7,11H2,1-3H3,(H2,21,22,27). The third kappa shape index (κ3) is 4.39. The zero-order valence-electron chi connectivity index (χ0n) is 16.2. The molecule has 28 heavy (non-hydrogen) atoms. The van der Waals surface area contributed by atoms with Gasteiger partial charge in [-0.3, -0.25) is 0 Å². The van der Waals surface area contributed by atoms with E-state index in [0.717, 1.165) is 41.8 Å². The van der Waals surface area contributed by atoms with Crippen LogP contribution in [0.3, 0.4) is 0 Å². The highest BCUT2D eigenvalue weighted by Crippen LogP contribution is 2.38. The third-order valence-electron chi connectivity index (χ3n) is 4.69. The number of carbonyl (C=O) groups is 1. The van der Waals surface area contributed by atoms with Gasteiger partial charge in [0, 0.05) is 11.4 Å². The molecule has 2 N–H and O–H groups in total. The summed E-state index contributed by atoms with van der Waals surface area (Å²) in [4.78, 5) is 13.6. The van der Waals surface area contributed by atoms with Crippen LogP contribution >= 0.6 is 23.6 Å². The molecule has 0 unspecified atom stereocenters. The quantitative estimate of drug-likeness (QED) is 0.542. The largest absolute Gasteiger partial charge is 0.493 e. The molecule has 0 bridgehead atoms. The molecule has 1 aromatic heterocycles. The van der Waals surface area contributed by atoms with Crippen molar-refractivity contribution < 1.29 is 19.0 Å². The summed E-state index contributed by atoms with van der Waals surface area (Å²) in [7, 11) is 4.62. The number of carbonyl (C=O) groups excluding carboxylic acids is 1. The number of thiocarbonyl (C=S) groups is 1. The number of rotatable bonds is 6. The van der Waals surface area contributed by atoms with Gasteiger partial charge in [0.15, 0.2) is 16.6 Å². The van der Waals surface area contributed by atoms with Crippen molar-refractivity contribution in [2.24, 2.45) is 0 Å². The first-order valence-electron chi connectivity index (χ1n) is 9.06. The molecule has 0 amide bonds. The summed E-state index contributed by atoms with van der Waals surface area (Å²) in [5, 5.41) is 7.58. The number of benzene rings is 1. The van der Waals surface area contributed by atoms with Crippen molar-refractivity contribution in [3.8, 4) is 11.5 Å². The molecule has 0 atom stereocenters. The topological polar surface area (TPSA) is 68.8 Å². The average Bonchev–Trinajstić information content (AvgIpc) is 3.09. The molecular weight excluding hydrogens is 396 g/mol. The van der Waals surface area contributed by atoms with Gasteiger partial charge in [-0.2, -0.15) is 0 Å². The van der Waals surface area contributed by atoms with Gasteiger partial charge in [0.2, 0.25) is 0 Å². The van der Waals surface area contributed by atoms with Gasteiger partial charge in [0.1, 0.15) is 5.00 Å². The number of fused-ring (bicyclic) bond motifs is 1. The van der Waals surface area contributed by atoms with Crippen LogP contribution in [0.5, 0.6) is 11.5 Å². The zero-order valence-corrected chi connectivity index (χ0v) is 17.9. The summed E-state index contributed by atoms with van der Waals surface area (Å²) in [6.07, 6.45) is 4.14. The molecule has 0 saturated carbocycles. The van der Waals surface area contributed by atoms with E-state index in [2.05, 4.69) is 10.6 Å². The maximum absolute atomic E-state index is 12.3. The van der Waals surface area contributed by atoms with Gasteiger partial charge in [0.25, 0.3) is 0 Å². The molecule has 0 spiro atoms. The first kappa shape index (κ1) is 20.4. The number of anilines is 1. The molecule has 1 aromatic carbocycles. The van der Waals surface area contributed by atoms with Crippen molar-refractivity contribution in [1.82, 2.24) is 5.32 Å². The van der Waals surface area contributed by atoms with Crippen LogP contribution in [0.1, 0.15) is 39.2 Å². The fourth-order valence-electron chi connectivity index (χ4n) is 3.29. The van der Waals surface area contributed by atoms with Crippen molar-refractivity contribution in [2.75, 3.05) is 26.6 Å². The molecule has 8 heteroatoms. The SMILES string of the molecule is COC(=O)c1c(NC(=S)NCc2ccc(OC)c(OC)c2)sc2c1CCCC2. The van der Waals surface area contributed by atoms with E-state index in [1.54, 1.807) is 25.6 Å². The molecule has 0 fully saturated rings. The lowest BCUT2D eigenvalue weighted by Crippen LogP contribution is -2.28. The molecule has 6 nitrogen and oxygen atoms in total. The monoisotopic (exact) mass is 420 g/mol. The lowest BCUT2D eigenvalue weighted by Gasteiger charge is -2.13. The highest BCUT2D eigenvalue weighted by atomic mass is 32.1. The molecule has 2 aromatic rings. The number of hydrogen-bond acceptors (Lipinski definition) is 6. The highest BCUT2D eigenvalue weighted by molar-refractivity contribution is 7.80. The number of nitrogens with one attached hydrogen (secondary N) is 2. The van der Waals surface area contributed by atoms with Crippen molar-refractivity contribution in [3.05, 3.63) is 39.8 Å². The first-order valence-corrected chi connectivity index (χ1v) is 10.3. The van der Waals surface area contributed by atoms with Crippen molar-refractivity contribution in [2.45, 2.75) is 32.2 Å². The molecule has 0 radical (unpaired) electrons. The minimum atomic E-state index is -0.315. The van der Waals surface area contributed by atoms with Gasteiger partial charge in [-0.25, -0.2) is 4.79 Å². The Kier molecular flexibility index (Phi) is 6.74. The maximum Gasteiger partial charge on any atom is 0.341 e. The van der Waals surface area contributed by atoms with Gasteiger partial charge >= 0.3 is 5.97 Å². The van der Waals surface area contributed by atoms with E-state index in [4.69, 9.17) is 26.4 Å². The highest BCUT2D eigenvalue weighted by Gasteiger charge is 2.26. The Bertz CT molecular complexity index is 879. The lowest BCUT2D eigenvalue weighted by atomic mass is 9.95. The Balaban J connectivity index is 1.70. The van der Waals surface area contributed by atoms with Gasteiger partial charge in [-0.15, -0.1) is 11.3 Å². The van der Waals surface area contributed by atoms with Crippen molar-refractivity contribution >= 4 is 39.6 Å². The molecule has 0 saturated heterocycles. The number of aryl methyl sites for hydroxylation is 1. The molecule has 1 heterocycles. The second-order valence-corrected chi connectivity index (χ2v) is 7.92. The summed E-state index contributed by atoms with van der Waals surface area (Å²) in [6.45, 7) is 0.519. The molecule has 0 aliphatic heterocycles. The average molecular weight is 421 g/mol. The number of esters is 1. The first-order chi connectivity index (χ1) is 13.6. The Morgan fingerprint density at radius 1 is 1.14 bits per heavy atom. The Morgan fingerprint density at radius 3 is 2.61 bits per heavy atom. The van der Waals surface area contributed by atoms with Crippen LogP contribution in [-0.2, 0) is 24.1 Å². The number of methoxy groups -OCH3 is 3. The smallest absolute Gasteiger partial charge is 0.341 e. The predicted octanol–water partition coefficient (Wildman–Crippen LogP) is 3.92. The van der Waals surface area contributed by atoms with Crippen LogP contribution in [-0.4, -0.2) is 32.4 Å². The van der Waals surface area contributed by atoms with Crippen LogP contribution in [0.4, 0.5) is 5.00 Å². The van der Waals surface area contributed by atoms with E-state index < -0.39 is 0 Å². The molecular formula is C20H24N2O4S2. The zero-order chi connectivity index (χ0) is 20.1. The van der Waals surface area contributed by atoms with Crippen LogP contribution in [0.25, 0.3) is 0 Å². The van der Waals surface area contributed by atoms with E-state index in [0.29, 0.717) is 28.7 Å². The Hall–Kier alpha value is -2.32. The summed E-state index contributed by atoms with van der Waals surface area (Å²) < 4.78 is 15.6. The molecule has 150 valence electrons. The second-order valence-electron chi connectivity index (χ2n) is 6.40. The minimum absolute atomic E-state index is 0.315. The Labute approximate surface area is 174 Å². The Morgan fingerprint density at radius 2 is 1.89 bits per heavy atom. The number of ether oxygens (including phenoxy) is 3. The van der Waals surface area contributed by atoms with Crippen molar-refractivity contribution in [1.29, 1.82) is 0 Å².